The summed E-state index contributed by atoms with van der Waals surface area (Å²) in [5.41, 5.74) is 0. The Labute approximate surface area is 268 Å². The standard InChI is InChI=1S/C28H38O19/c1-11(29)37-9-19-21(39-12(2)30)23(41-14(4)32)25(43-16(6)34)27(46-19)38-10-20-22(40-13(3)31)24(42-15(5)33)26(44-17(7)35)28(47-20)45-18(8)36/h19-28H,9-10H2,1-8H3/t19-,20-,21-,22-,23+,24+,25-,26+,27-,28-/m1/s1. The molecule has 0 aromatic carbocycles. The lowest BCUT2D eigenvalue weighted by atomic mass is 9.97. The summed E-state index contributed by atoms with van der Waals surface area (Å²) in [7, 11) is 0. The maximum Gasteiger partial charge on any atom is 0.305 e. The van der Waals surface area contributed by atoms with Crippen LogP contribution in [0.1, 0.15) is 55.4 Å². The molecule has 2 aliphatic heterocycles. The molecule has 0 radical (unpaired) electrons. The molecule has 0 unspecified atom stereocenters. The van der Waals surface area contributed by atoms with E-state index in [1.165, 1.54) is 0 Å². The first-order chi connectivity index (χ1) is 21.9. The van der Waals surface area contributed by atoms with Crippen LogP contribution in [0.25, 0.3) is 0 Å². The van der Waals surface area contributed by atoms with E-state index in [0.29, 0.717) is 0 Å². The summed E-state index contributed by atoms with van der Waals surface area (Å²) in [5.74, 6) is -6.93. The van der Waals surface area contributed by atoms with Crippen molar-refractivity contribution in [3.8, 4) is 0 Å². The third-order valence-electron chi connectivity index (χ3n) is 6.15. The molecule has 2 saturated heterocycles. The largest absolute Gasteiger partial charge is 0.463 e. The lowest BCUT2D eigenvalue weighted by Crippen LogP contribution is -2.65. The highest BCUT2D eigenvalue weighted by Gasteiger charge is 2.56. The molecule has 0 aromatic heterocycles. The van der Waals surface area contributed by atoms with Gasteiger partial charge in [0.25, 0.3) is 0 Å². The van der Waals surface area contributed by atoms with E-state index in [1.807, 2.05) is 0 Å². The topological polar surface area (TPSA) is 238 Å². The second-order valence-corrected chi connectivity index (χ2v) is 10.3. The molecule has 2 aliphatic rings. The Hall–Kier alpha value is -4.36. The third kappa shape index (κ3) is 12.1. The van der Waals surface area contributed by atoms with E-state index >= 15 is 0 Å². The third-order valence-corrected chi connectivity index (χ3v) is 6.15. The summed E-state index contributed by atoms with van der Waals surface area (Å²) < 4.78 is 59.8. The van der Waals surface area contributed by atoms with Crippen LogP contribution < -0.4 is 0 Å². The molecule has 19 nitrogen and oxygen atoms in total. The molecule has 0 aliphatic carbocycles. The SMILES string of the molecule is CC(=O)OC[C@H]1O[C@@H](OC[C@H]2O[C@@H](OC(C)=O)[C@@H](OC(C)=O)[C@@H](OC(C)=O)[C@@H]2OC(C)=O)[C@H](OC(C)=O)[C@@H](OC(C)=O)[C@@H]1OC(C)=O. The molecule has 2 rings (SSSR count). The Morgan fingerprint density at radius 1 is 0.383 bits per heavy atom. The number of esters is 8. The zero-order valence-corrected chi connectivity index (χ0v) is 26.9. The van der Waals surface area contributed by atoms with Gasteiger partial charge in [-0.1, -0.05) is 0 Å². The van der Waals surface area contributed by atoms with Crippen LogP contribution in [-0.2, 0) is 90.5 Å². The van der Waals surface area contributed by atoms with Gasteiger partial charge in [0.2, 0.25) is 12.4 Å². The number of rotatable bonds is 12. The minimum absolute atomic E-state index is 0.541. The molecule has 47 heavy (non-hydrogen) atoms. The van der Waals surface area contributed by atoms with Crippen molar-refractivity contribution >= 4 is 47.8 Å². The minimum atomic E-state index is -1.71. The van der Waals surface area contributed by atoms with Crippen LogP contribution in [-0.4, -0.2) is 122 Å². The van der Waals surface area contributed by atoms with Crippen LogP contribution in [0.3, 0.4) is 0 Å². The monoisotopic (exact) mass is 678 g/mol. The van der Waals surface area contributed by atoms with Gasteiger partial charge in [-0.05, 0) is 0 Å². The summed E-state index contributed by atoms with van der Waals surface area (Å²) >= 11 is 0. The maximum absolute atomic E-state index is 12.1. The summed E-state index contributed by atoms with van der Waals surface area (Å²) in [6.07, 6.45) is -15.6. The van der Waals surface area contributed by atoms with E-state index in [4.69, 9.17) is 52.1 Å². The van der Waals surface area contributed by atoms with E-state index in [0.717, 1.165) is 55.4 Å². The molecule has 0 amide bonds. The fourth-order valence-corrected chi connectivity index (χ4v) is 4.76. The van der Waals surface area contributed by atoms with E-state index in [1.54, 1.807) is 0 Å². The molecule has 2 heterocycles. The Morgan fingerprint density at radius 3 is 1.09 bits per heavy atom. The van der Waals surface area contributed by atoms with Crippen LogP contribution in [0, 0.1) is 0 Å². The Morgan fingerprint density at radius 2 is 0.702 bits per heavy atom. The highest BCUT2D eigenvalue weighted by atomic mass is 16.8. The zero-order chi connectivity index (χ0) is 35.6. The van der Waals surface area contributed by atoms with Crippen LogP contribution in [0.5, 0.6) is 0 Å². The first-order valence-electron chi connectivity index (χ1n) is 14.2. The van der Waals surface area contributed by atoms with Gasteiger partial charge < -0.3 is 52.1 Å². The van der Waals surface area contributed by atoms with E-state index in [-0.39, 0.29) is 0 Å². The summed E-state index contributed by atoms with van der Waals surface area (Å²) in [4.78, 5) is 95.9. The Kier molecular flexibility index (Phi) is 14.5. The first-order valence-corrected chi connectivity index (χ1v) is 14.2. The molecular formula is C28H38O19. The minimum Gasteiger partial charge on any atom is -0.463 e. The van der Waals surface area contributed by atoms with Gasteiger partial charge in [0.15, 0.2) is 36.8 Å². The van der Waals surface area contributed by atoms with Gasteiger partial charge in [-0.15, -0.1) is 0 Å². The Balaban J connectivity index is 2.56. The van der Waals surface area contributed by atoms with E-state index in [2.05, 4.69) is 0 Å². The van der Waals surface area contributed by atoms with Crippen LogP contribution in [0.4, 0.5) is 0 Å². The van der Waals surface area contributed by atoms with Crippen LogP contribution in [0.15, 0.2) is 0 Å². The lowest BCUT2D eigenvalue weighted by molar-refractivity contribution is -0.331. The Bertz CT molecular complexity index is 1200. The van der Waals surface area contributed by atoms with E-state index < -0.39 is 122 Å². The maximum atomic E-state index is 12.1. The normalized spacial score (nSPS) is 30.0. The summed E-state index contributed by atoms with van der Waals surface area (Å²) in [6.45, 7) is 7.09. The fourth-order valence-electron chi connectivity index (χ4n) is 4.76. The van der Waals surface area contributed by atoms with E-state index in [9.17, 15) is 38.4 Å². The molecule has 0 bridgehead atoms. The highest BCUT2D eigenvalue weighted by molar-refractivity contribution is 5.70. The van der Waals surface area contributed by atoms with Crippen molar-refractivity contribution in [2.24, 2.45) is 0 Å². The first kappa shape index (κ1) is 38.8. The molecule has 0 saturated carbocycles. The number of carbonyl (C=O) groups excluding carboxylic acids is 8. The van der Waals surface area contributed by atoms with Gasteiger partial charge in [0.1, 0.15) is 18.8 Å². The van der Waals surface area contributed by atoms with Crippen molar-refractivity contribution in [1.82, 2.24) is 0 Å². The zero-order valence-electron chi connectivity index (χ0n) is 26.9. The predicted molar refractivity (Wildman–Crippen MR) is 145 cm³/mol. The predicted octanol–water partition coefficient (Wildman–Crippen LogP) is -0.831. The molecule has 0 spiro atoms. The van der Waals surface area contributed by atoms with Crippen LogP contribution >= 0.6 is 0 Å². The number of hydrogen-bond acceptors (Lipinski definition) is 19. The quantitative estimate of drug-likeness (QED) is 0.181. The van der Waals surface area contributed by atoms with Crippen molar-refractivity contribution in [3.63, 3.8) is 0 Å². The molecule has 264 valence electrons. The van der Waals surface area contributed by atoms with Crippen molar-refractivity contribution < 1.29 is 90.5 Å². The van der Waals surface area contributed by atoms with Crippen molar-refractivity contribution in [3.05, 3.63) is 0 Å². The van der Waals surface area contributed by atoms with Gasteiger partial charge in [-0.25, -0.2) is 0 Å². The molecule has 19 heteroatoms. The average molecular weight is 679 g/mol. The molecule has 2 fully saturated rings. The molecule has 10 atom stereocenters. The number of ether oxygens (including phenoxy) is 11. The molecule has 0 N–H and O–H groups in total. The van der Waals surface area contributed by atoms with Gasteiger partial charge in [-0.3, -0.25) is 38.4 Å². The van der Waals surface area contributed by atoms with Gasteiger partial charge in [0, 0.05) is 55.4 Å². The molecular weight excluding hydrogens is 640 g/mol. The second-order valence-electron chi connectivity index (χ2n) is 10.3. The highest BCUT2D eigenvalue weighted by Crippen LogP contribution is 2.33. The van der Waals surface area contributed by atoms with Crippen molar-refractivity contribution in [2.75, 3.05) is 13.2 Å². The smallest absolute Gasteiger partial charge is 0.305 e. The second kappa shape index (κ2) is 17.5. The average Bonchev–Trinajstić information content (AvgIpc) is 2.91. The van der Waals surface area contributed by atoms with Crippen molar-refractivity contribution in [2.45, 2.75) is 117 Å². The van der Waals surface area contributed by atoms with Gasteiger partial charge >= 0.3 is 47.8 Å². The van der Waals surface area contributed by atoms with Gasteiger partial charge in [0.05, 0.1) is 6.61 Å². The molecule has 0 aromatic rings. The summed E-state index contributed by atoms with van der Waals surface area (Å²) in [5, 5.41) is 0. The number of hydrogen-bond donors (Lipinski definition) is 0. The van der Waals surface area contributed by atoms with Crippen molar-refractivity contribution in [1.29, 1.82) is 0 Å². The summed E-state index contributed by atoms with van der Waals surface area (Å²) in [6, 6.07) is 0. The fraction of sp³-hybridized carbons (Fsp3) is 0.714. The van der Waals surface area contributed by atoms with Gasteiger partial charge in [-0.2, -0.15) is 0 Å². The number of carbonyl (C=O) groups is 8. The lowest BCUT2D eigenvalue weighted by Gasteiger charge is -2.46. The van der Waals surface area contributed by atoms with Crippen LogP contribution in [0.2, 0.25) is 0 Å².